The molecule has 26 heavy (non-hydrogen) atoms. The van der Waals surface area contributed by atoms with Gasteiger partial charge in [-0.1, -0.05) is 12.1 Å². The second kappa shape index (κ2) is 7.77. The van der Waals surface area contributed by atoms with Crippen LogP contribution in [0.4, 0.5) is 10.8 Å². The maximum Gasteiger partial charge on any atom is 0.246 e. The number of thioether (sulfide) groups is 1. The number of amides is 2. The van der Waals surface area contributed by atoms with E-state index in [1.165, 1.54) is 28.0 Å². The standard InChI is InChI=1S/C18H20N4O2S2/c23-16(10-22-13-3-1-2-4-14(13)25-11-17(22)24)21-18-20-9-15(26-18)12-5-7-19-8-6-12/h1-4,9,12,19H,5-8,10-11H2,(H,20,21,23). The van der Waals surface area contributed by atoms with Crippen molar-refractivity contribution in [2.24, 2.45) is 0 Å². The number of nitrogens with zero attached hydrogens (tertiary/aromatic N) is 2. The SMILES string of the molecule is O=C(CN1C(=O)CSc2ccccc21)Nc1ncc(C2CCNCC2)s1. The molecule has 0 bridgehead atoms. The number of piperidine rings is 1. The molecule has 8 heteroatoms. The van der Waals surface area contributed by atoms with E-state index in [0.717, 1.165) is 36.5 Å². The van der Waals surface area contributed by atoms with Gasteiger partial charge in [0.15, 0.2) is 5.13 Å². The molecule has 1 aromatic carbocycles. The largest absolute Gasteiger partial charge is 0.317 e. The van der Waals surface area contributed by atoms with E-state index >= 15 is 0 Å². The summed E-state index contributed by atoms with van der Waals surface area (Å²) in [7, 11) is 0. The highest BCUT2D eigenvalue weighted by molar-refractivity contribution is 8.00. The van der Waals surface area contributed by atoms with Gasteiger partial charge in [0.1, 0.15) is 6.54 Å². The highest BCUT2D eigenvalue weighted by Gasteiger charge is 2.26. The van der Waals surface area contributed by atoms with E-state index in [1.54, 1.807) is 4.90 Å². The summed E-state index contributed by atoms with van der Waals surface area (Å²) in [5.74, 6) is 0.623. The molecule has 0 unspecified atom stereocenters. The zero-order valence-electron chi connectivity index (χ0n) is 14.2. The molecule has 2 aliphatic rings. The summed E-state index contributed by atoms with van der Waals surface area (Å²) in [6.07, 6.45) is 4.08. The number of anilines is 2. The van der Waals surface area contributed by atoms with Crippen molar-refractivity contribution in [1.29, 1.82) is 0 Å². The second-order valence-corrected chi connectivity index (χ2v) is 8.46. The van der Waals surface area contributed by atoms with Crippen LogP contribution in [0.25, 0.3) is 0 Å². The molecule has 4 rings (SSSR count). The average Bonchev–Trinajstić information content (AvgIpc) is 3.13. The van der Waals surface area contributed by atoms with Crippen LogP contribution in [0, 0.1) is 0 Å². The van der Waals surface area contributed by atoms with Crippen molar-refractivity contribution in [3.63, 3.8) is 0 Å². The van der Waals surface area contributed by atoms with Gasteiger partial charge in [0.25, 0.3) is 0 Å². The molecule has 0 aliphatic carbocycles. The number of nitrogens with one attached hydrogen (secondary N) is 2. The van der Waals surface area contributed by atoms with Crippen molar-refractivity contribution in [2.45, 2.75) is 23.7 Å². The van der Waals surface area contributed by atoms with Gasteiger partial charge in [-0.05, 0) is 44.0 Å². The Balaban J connectivity index is 1.41. The van der Waals surface area contributed by atoms with Crippen LogP contribution < -0.4 is 15.5 Å². The monoisotopic (exact) mass is 388 g/mol. The number of hydrogen-bond donors (Lipinski definition) is 2. The van der Waals surface area contributed by atoms with E-state index in [1.807, 2.05) is 30.5 Å². The number of para-hydroxylation sites is 1. The highest BCUT2D eigenvalue weighted by Crippen LogP contribution is 2.35. The molecule has 2 aromatic rings. The third-order valence-corrected chi connectivity index (χ3v) is 6.74. The summed E-state index contributed by atoms with van der Waals surface area (Å²) >= 11 is 3.05. The summed E-state index contributed by atoms with van der Waals surface area (Å²) in [6.45, 7) is 2.07. The Labute approximate surface area is 160 Å². The number of fused-ring (bicyclic) bond motifs is 1. The van der Waals surface area contributed by atoms with Crippen LogP contribution in [0.2, 0.25) is 0 Å². The van der Waals surface area contributed by atoms with Crippen LogP contribution in [0.15, 0.2) is 35.4 Å². The number of hydrogen-bond acceptors (Lipinski definition) is 6. The molecule has 1 aromatic heterocycles. The van der Waals surface area contributed by atoms with Crippen LogP contribution >= 0.6 is 23.1 Å². The Bertz CT molecular complexity index is 817. The molecule has 6 nitrogen and oxygen atoms in total. The van der Waals surface area contributed by atoms with Gasteiger partial charge in [-0.2, -0.15) is 0 Å². The molecule has 2 aliphatic heterocycles. The molecule has 0 atom stereocenters. The molecule has 136 valence electrons. The molecule has 0 spiro atoms. The number of rotatable bonds is 4. The van der Waals surface area contributed by atoms with E-state index in [-0.39, 0.29) is 18.4 Å². The third kappa shape index (κ3) is 3.77. The van der Waals surface area contributed by atoms with Crippen LogP contribution in [0.3, 0.4) is 0 Å². The quantitative estimate of drug-likeness (QED) is 0.842. The zero-order valence-corrected chi connectivity index (χ0v) is 15.9. The molecule has 3 heterocycles. The highest BCUT2D eigenvalue weighted by atomic mass is 32.2. The normalized spacial score (nSPS) is 17.8. The minimum absolute atomic E-state index is 0.0126. The lowest BCUT2D eigenvalue weighted by atomic mass is 9.97. The molecule has 0 radical (unpaired) electrons. The van der Waals surface area contributed by atoms with Gasteiger partial charge in [0.2, 0.25) is 11.8 Å². The topological polar surface area (TPSA) is 74.3 Å². The molecular weight excluding hydrogens is 368 g/mol. The number of carbonyl (C=O) groups excluding carboxylic acids is 2. The van der Waals surface area contributed by atoms with Crippen molar-refractivity contribution in [3.8, 4) is 0 Å². The predicted octanol–water partition coefficient (Wildman–Crippen LogP) is 2.69. The summed E-state index contributed by atoms with van der Waals surface area (Å²) in [4.78, 5) is 32.9. The fourth-order valence-corrected chi connectivity index (χ4v) is 5.21. The lowest BCUT2D eigenvalue weighted by molar-refractivity contribution is -0.120. The van der Waals surface area contributed by atoms with Crippen molar-refractivity contribution in [3.05, 3.63) is 35.3 Å². The van der Waals surface area contributed by atoms with Gasteiger partial charge in [-0.25, -0.2) is 4.98 Å². The van der Waals surface area contributed by atoms with E-state index in [9.17, 15) is 9.59 Å². The number of benzene rings is 1. The van der Waals surface area contributed by atoms with Crippen molar-refractivity contribution < 1.29 is 9.59 Å². The van der Waals surface area contributed by atoms with E-state index in [2.05, 4.69) is 15.6 Å². The number of aromatic nitrogens is 1. The lowest BCUT2D eigenvalue weighted by Gasteiger charge is -2.28. The fourth-order valence-electron chi connectivity index (χ4n) is 3.27. The van der Waals surface area contributed by atoms with Gasteiger partial charge < -0.3 is 15.5 Å². The first-order chi connectivity index (χ1) is 12.7. The van der Waals surface area contributed by atoms with E-state index in [4.69, 9.17) is 0 Å². The minimum atomic E-state index is -0.216. The Morgan fingerprint density at radius 1 is 1.31 bits per heavy atom. The van der Waals surface area contributed by atoms with Crippen LogP contribution in [0.1, 0.15) is 23.6 Å². The smallest absolute Gasteiger partial charge is 0.246 e. The summed E-state index contributed by atoms with van der Waals surface area (Å²) < 4.78 is 0. The second-order valence-electron chi connectivity index (χ2n) is 6.38. The molecule has 0 saturated carbocycles. The number of thiazole rings is 1. The maximum atomic E-state index is 12.5. The first-order valence-corrected chi connectivity index (χ1v) is 10.5. The van der Waals surface area contributed by atoms with Gasteiger partial charge in [-0.15, -0.1) is 23.1 Å². The van der Waals surface area contributed by atoms with Crippen molar-refractivity contribution >= 4 is 45.7 Å². The Hall–Kier alpha value is -1.90. The van der Waals surface area contributed by atoms with Gasteiger partial charge in [0.05, 0.1) is 11.4 Å². The average molecular weight is 389 g/mol. The Morgan fingerprint density at radius 2 is 2.12 bits per heavy atom. The van der Waals surface area contributed by atoms with Gasteiger partial charge in [0, 0.05) is 16.0 Å². The van der Waals surface area contributed by atoms with Gasteiger partial charge >= 0.3 is 0 Å². The molecule has 2 N–H and O–H groups in total. The van der Waals surface area contributed by atoms with Crippen molar-refractivity contribution in [2.75, 3.05) is 35.6 Å². The molecule has 2 amide bonds. The maximum absolute atomic E-state index is 12.5. The predicted molar refractivity (Wildman–Crippen MR) is 105 cm³/mol. The number of carbonyl (C=O) groups is 2. The van der Waals surface area contributed by atoms with E-state index in [0.29, 0.717) is 16.8 Å². The lowest BCUT2D eigenvalue weighted by Crippen LogP contribution is -2.41. The zero-order chi connectivity index (χ0) is 17.9. The molecule has 1 saturated heterocycles. The van der Waals surface area contributed by atoms with Crippen LogP contribution in [-0.2, 0) is 9.59 Å². The molecule has 1 fully saturated rings. The van der Waals surface area contributed by atoms with Crippen LogP contribution in [-0.4, -0.2) is 42.2 Å². The minimum Gasteiger partial charge on any atom is -0.317 e. The Morgan fingerprint density at radius 3 is 2.96 bits per heavy atom. The van der Waals surface area contributed by atoms with Crippen molar-refractivity contribution in [1.82, 2.24) is 10.3 Å². The first-order valence-electron chi connectivity index (χ1n) is 8.69. The van der Waals surface area contributed by atoms with Crippen LogP contribution in [0.5, 0.6) is 0 Å². The first kappa shape index (κ1) is 17.5. The summed E-state index contributed by atoms with van der Waals surface area (Å²) in [5, 5.41) is 6.82. The van der Waals surface area contributed by atoms with Gasteiger partial charge in [-0.3, -0.25) is 9.59 Å². The van der Waals surface area contributed by atoms with E-state index < -0.39 is 0 Å². The fraction of sp³-hybridized carbons (Fsp3) is 0.389. The summed E-state index contributed by atoms with van der Waals surface area (Å²) in [5.41, 5.74) is 0.804. The Kier molecular flexibility index (Phi) is 5.23. The molecular formula is C18H20N4O2S2. The summed E-state index contributed by atoms with van der Waals surface area (Å²) in [6, 6.07) is 7.68. The third-order valence-electron chi connectivity index (χ3n) is 4.62.